The Kier molecular flexibility index (Phi) is 7.18. The van der Waals surface area contributed by atoms with E-state index in [2.05, 4.69) is 216 Å². The average Bonchev–Trinajstić information content (AvgIpc) is 3.57. The van der Waals surface area contributed by atoms with Crippen molar-refractivity contribution in [3.05, 3.63) is 206 Å². The highest BCUT2D eigenvalue weighted by molar-refractivity contribution is 6.21. The molecule has 0 saturated heterocycles. The highest BCUT2D eigenvalue weighted by Crippen LogP contribution is 2.40. The fourth-order valence-electron chi connectivity index (χ4n) is 7.84. The molecule has 0 aliphatic carbocycles. The first-order valence-electron chi connectivity index (χ1n) is 17.8. The molecule has 0 fully saturated rings. The molecule has 0 atom stereocenters. The first-order valence-corrected chi connectivity index (χ1v) is 17.8. The molecule has 2 heteroatoms. The van der Waals surface area contributed by atoms with E-state index in [1.165, 1.54) is 65.6 Å². The highest BCUT2D eigenvalue weighted by Gasteiger charge is 2.17. The summed E-state index contributed by atoms with van der Waals surface area (Å²) >= 11 is 0. The van der Waals surface area contributed by atoms with Crippen molar-refractivity contribution in [2.24, 2.45) is 0 Å². The van der Waals surface area contributed by atoms with E-state index in [-0.39, 0.29) is 0 Å². The summed E-state index contributed by atoms with van der Waals surface area (Å²) in [5, 5.41) is 7.61. The Labute approximate surface area is 303 Å². The number of fused-ring (bicyclic) bond motifs is 6. The van der Waals surface area contributed by atoms with Crippen LogP contribution < -0.4 is 4.90 Å². The minimum atomic E-state index is 1.10. The van der Waals surface area contributed by atoms with E-state index in [1.54, 1.807) is 0 Å². The lowest BCUT2D eigenvalue weighted by molar-refractivity contribution is 1.17. The van der Waals surface area contributed by atoms with Gasteiger partial charge in [-0.3, -0.25) is 0 Å². The maximum Gasteiger partial charge on any atom is 0.0547 e. The van der Waals surface area contributed by atoms with E-state index in [0.717, 1.165) is 22.7 Å². The summed E-state index contributed by atoms with van der Waals surface area (Å²) in [7, 11) is 0. The van der Waals surface area contributed by atoms with Gasteiger partial charge in [-0.25, -0.2) is 0 Å². The van der Waals surface area contributed by atoms with Gasteiger partial charge in [0.05, 0.1) is 11.0 Å². The van der Waals surface area contributed by atoms with Crippen LogP contribution in [0.4, 0.5) is 17.1 Å². The van der Waals surface area contributed by atoms with Gasteiger partial charge in [-0.15, -0.1) is 0 Å². The fourth-order valence-corrected chi connectivity index (χ4v) is 7.84. The average molecular weight is 663 g/mol. The van der Waals surface area contributed by atoms with Crippen molar-refractivity contribution in [2.75, 3.05) is 4.90 Å². The zero-order valence-electron chi connectivity index (χ0n) is 28.5. The summed E-state index contributed by atoms with van der Waals surface area (Å²) < 4.78 is 2.40. The number of hydrogen-bond donors (Lipinski definition) is 0. The third-order valence-electron chi connectivity index (χ3n) is 10.3. The summed E-state index contributed by atoms with van der Waals surface area (Å²) in [5.74, 6) is 0. The molecule has 0 radical (unpaired) electrons. The monoisotopic (exact) mass is 662 g/mol. The molecule has 0 aliphatic heterocycles. The van der Waals surface area contributed by atoms with Gasteiger partial charge >= 0.3 is 0 Å². The molecule has 52 heavy (non-hydrogen) atoms. The minimum absolute atomic E-state index is 1.10. The summed E-state index contributed by atoms with van der Waals surface area (Å²) in [6, 6.07) is 74.6. The number of aromatic nitrogens is 1. The van der Waals surface area contributed by atoms with Crippen LogP contribution in [0.1, 0.15) is 0 Å². The van der Waals surface area contributed by atoms with Gasteiger partial charge < -0.3 is 9.47 Å². The molecule has 2 nitrogen and oxygen atoms in total. The van der Waals surface area contributed by atoms with E-state index in [0.29, 0.717) is 0 Å². The predicted octanol–water partition coefficient (Wildman–Crippen LogP) is 13.9. The van der Waals surface area contributed by atoms with Crippen molar-refractivity contribution >= 4 is 60.4 Å². The largest absolute Gasteiger partial charge is 0.310 e. The lowest BCUT2D eigenvalue weighted by atomic mass is 10.0. The topological polar surface area (TPSA) is 8.17 Å². The lowest BCUT2D eigenvalue weighted by Gasteiger charge is -2.26. The van der Waals surface area contributed by atoms with Gasteiger partial charge in [0, 0.05) is 33.5 Å². The summed E-state index contributed by atoms with van der Waals surface area (Å²) in [6.45, 7) is 0. The van der Waals surface area contributed by atoms with Crippen molar-refractivity contribution in [1.29, 1.82) is 0 Å². The Morgan fingerprint density at radius 2 is 0.885 bits per heavy atom. The molecule has 0 amide bonds. The number of hydrogen-bond acceptors (Lipinski definition) is 1. The van der Waals surface area contributed by atoms with Gasteiger partial charge in [-0.2, -0.15) is 0 Å². The fraction of sp³-hybridized carbons (Fsp3) is 0. The molecule has 1 heterocycles. The van der Waals surface area contributed by atoms with Gasteiger partial charge in [0.2, 0.25) is 0 Å². The third-order valence-corrected chi connectivity index (χ3v) is 10.3. The Bertz CT molecular complexity index is 2880. The molecular formula is C50H34N2. The second-order valence-corrected chi connectivity index (χ2v) is 13.4. The van der Waals surface area contributed by atoms with Crippen LogP contribution in [-0.4, -0.2) is 4.57 Å². The van der Waals surface area contributed by atoms with Crippen molar-refractivity contribution in [3.63, 3.8) is 0 Å². The second-order valence-electron chi connectivity index (χ2n) is 13.4. The Hall–Kier alpha value is -6.90. The predicted molar refractivity (Wildman–Crippen MR) is 221 cm³/mol. The zero-order valence-corrected chi connectivity index (χ0v) is 28.5. The summed E-state index contributed by atoms with van der Waals surface area (Å²) in [6.07, 6.45) is 0. The molecule has 0 saturated carbocycles. The normalized spacial score (nSPS) is 11.5. The van der Waals surface area contributed by atoms with Gasteiger partial charge in [0.25, 0.3) is 0 Å². The molecule has 0 N–H and O–H groups in total. The standard InChI is InChI=1S/C50H34N2/c1-2-11-35(12-3-1)40-16-10-17-45(34-40)51(42-26-23-37(24-27-42)41-22-21-36-13-4-5-15-39(36)33-41)43-28-30-44(31-29-43)52-48-20-9-8-19-47(48)50-46-18-7-6-14-38(46)25-32-49(50)52/h1-34H. The molecular weight excluding hydrogens is 629 g/mol. The van der Waals surface area contributed by atoms with E-state index in [1.807, 2.05) is 0 Å². The third kappa shape index (κ3) is 5.12. The molecule has 10 aromatic rings. The van der Waals surface area contributed by atoms with Crippen molar-refractivity contribution in [1.82, 2.24) is 4.57 Å². The molecule has 244 valence electrons. The number of nitrogens with zero attached hydrogens (tertiary/aromatic N) is 2. The molecule has 0 spiro atoms. The molecule has 1 aromatic heterocycles. The minimum Gasteiger partial charge on any atom is -0.310 e. The molecule has 0 unspecified atom stereocenters. The van der Waals surface area contributed by atoms with Crippen LogP contribution in [0, 0.1) is 0 Å². The second kappa shape index (κ2) is 12.5. The molecule has 10 rings (SSSR count). The first-order chi connectivity index (χ1) is 25.8. The van der Waals surface area contributed by atoms with Crippen LogP contribution >= 0.6 is 0 Å². The zero-order chi connectivity index (χ0) is 34.4. The van der Waals surface area contributed by atoms with Gasteiger partial charge in [0.1, 0.15) is 0 Å². The maximum absolute atomic E-state index is 2.40. The Balaban J connectivity index is 1.09. The van der Waals surface area contributed by atoms with Gasteiger partial charge in [-0.05, 0) is 111 Å². The molecule has 0 bridgehead atoms. The lowest BCUT2D eigenvalue weighted by Crippen LogP contribution is -2.10. The van der Waals surface area contributed by atoms with Crippen molar-refractivity contribution < 1.29 is 0 Å². The van der Waals surface area contributed by atoms with Gasteiger partial charge in [-0.1, -0.05) is 140 Å². The van der Waals surface area contributed by atoms with Crippen LogP contribution in [0.3, 0.4) is 0 Å². The number of rotatable bonds is 6. The van der Waals surface area contributed by atoms with Crippen LogP contribution in [0.15, 0.2) is 206 Å². The smallest absolute Gasteiger partial charge is 0.0547 e. The Morgan fingerprint density at radius 1 is 0.308 bits per heavy atom. The highest BCUT2D eigenvalue weighted by atomic mass is 15.1. The summed E-state index contributed by atoms with van der Waals surface area (Å²) in [4.78, 5) is 2.36. The number of para-hydroxylation sites is 1. The van der Waals surface area contributed by atoms with E-state index < -0.39 is 0 Å². The van der Waals surface area contributed by atoms with E-state index in [4.69, 9.17) is 0 Å². The van der Waals surface area contributed by atoms with Crippen molar-refractivity contribution in [2.45, 2.75) is 0 Å². The number of anilines is 3. The molecule has 9 aromatic carbocycles. The quantitative estimate of drug-likeness (QED) is 0.172. The van der Waals surface area contributed by atoms with Crippen LogP contribution in [0.2, 0.25) is 0 Å². The van der Waals surface area contributed by atoms with Crippen LogP contribution in [0.5, 0.6) is 0 Å². The van der Waals surface area contributed by atoms with Gasteiger partial charge in [0.15, 0.2) is 0 Å². The summed E-state index contributed by atoms with van der Waals surface area (Å²) in [5.41, 5.74) is 11.7. The SMILES string of the molecule is c1ccc(-c2cccc(N(c3ccc(-c4ccc5ccccc5c4)cc3)c3ccc(-n4c5ccccc5c5c6ccccc6ccc54)cc3)c2)cc1. The van der Waals surface area contributed by atoms with E-state index >= 15 is 0 Å². The maximum atomic E-state index is 2.40. The molecule has 0 aliphatic rings. The van der Waals surface area contributed by atoms with Crippen LogP contribution in [-0.2, 0) is 0 Å². The number of benzene rings is 9. The van der Waals surface area contributed by atoms with E-state index in [9.17, 15) is 0 Å². The Morgan fingerprint density at radius 3 is 1.69 bits per heavy atom. The van der Waals surface area contributed by atoms with Crippen LogP contribution in [0.25, 0.3) is 71.3 Å². The first kappa shape index (κ1) is 30.0. The van der Waals surface area contributed by atoms with Crippen molar-refractivity contribution in [3.8, 4) is 27.9 Å².